The van der Waals surface area contributed by atoms with Crippen LogP contribution in [-0.2, 0) is 24.5 Å². The molecule has 0 saturated carbocycles. The first-order valence-corrected chi connectivity index (χ1v) is 10.9. The minimum atomic E-state index is 0. The van der Waals surface area contributed by atoms with Crippen molar-refractivity contribution in [1.29, 1.82) is 0 Å². The summed E-state index contributed by atoms with van der Waals surface area (Å²) in [5.74, 6) is 1.45. The molecule has 2 aliphatic rings. The lowest BCUT2D eigenvalue weighted by atomic mass is 10.1. The molecule has 0 amide bonds. The maximum Gasteiger partial charge on any atom is 0.206 e. The van der Waals surface area contributed by atoms with Gasteiger partial charge in [0.05, 0.1) is 35.6 Å². The van der Waals surface area contributed by atoms with Gasteiger partial charge in [0.25, 0.3) is 0 Å². The van der Waals surface area contributed by atoms with E-state index in [0.717, 1.165) is 72.1 Å². The second kappa shape index (κ2) is 9.40. The number of benzene rings is 1. The van der Waals surface area contributed by atoms with Crippen molar-refractivity contribution < 1.29 is 4.74 Å². The third-order valence-electron chi connectivity index (χ3n) is 5.96. The van der Waals surface area contributed by atoms with Crippen LogP contribution in [0.25, 0.3) is 22.3 Å². The van der Waals surface area contributed by atoms with Crippen LogP contribution in [0.3, 0.4) is 0 Å². The summed E-state index contributed by atoms with van der Waals surface area (Å²) in [4.78, 5) is 23.8. The van der Waals surface area contributed by atoms with E-state index in [1.165, 1.54) is 5.56 Å². The predicted octanol–water partition coefficient (Wildman–Crippen LogP) is 3.02. The van der Waals surface area contributed by atoms with Gasteiger partial charge in [-0.15, -0.1) is 12.4 Å². The van der Waals surface area contributed by atoms with Gasteiger partial charge in [0, 0.05) is 50.0 Å². The monoisotopic (exact) mass is 464 g/mol. The highest BCUT2D eigenvalue weighted by molar-refractivity contribution is 5.85. The SMILES string of the molecule is Cl.c1cc(CN2CCNCC2)cc(Nc2nc3ccc(-c4ncnc5c4COC5)cc3[nH]2)n1. The lowest BCUT2D eigenvalue weighted by Crippen LogP contribution is -2.42. The average Bonchev–Trinajstić information content (AvgIpc) is 3.46. The summed E-state index contributed by atoms with van der Waals surface area (Å²) < 4.78 is 5.55. The predicted molar refractivity (Wildman–Crippen MR) is 129 cm³/mol. The minimum Gasteiger partial charge on any atom is -0.370 e. The summed E-state index contributed by atoms with van der Waals surface area (Å²) in [5, 5.41) is 6.71. The Morgan fingerprint density at radius 3 is 2.85 bits per heavy atom. The van der Waals surface area contributed by atoms with Gasteiger partial charge in [0.15, 0.2) is 0 Å². The fourth-order valence-corrected chi connectivity index (χ4v) is 4.33. The van der Waals surface area contributed by atoms with E-state index < -0.39 is 0 Å². The normalized spacial score (nSPS) is 15.9. The molecule has 33 heavy (non-hydrogen) atoms. The maximum absolute atomic E-state index is 5.55. The lowest BCUT2D eigenvalue weighted by molar-refractivity contribution is 0.133. The number of hydrogen-bond acceptors (Lipinski definition) is 8. The molecule has 1 fully saturated rings. The Morgan fingerprint density at radius 1 is 1.03 bits per heavy atom. The van der Waals surface area contributed by atoms with Crippen molar-refractivity contribution in [2.45, 2.75) is 19.8 Å². The zero-order valence-electron chi connectivity index (χ0n) is 18.0. The molecule has 6 rings (SSSR count). The van der Waals surface area contributed by atoms with Crippen molar-refractivity contribution in [2.75, 3.05) is 31.5 Å². The van der Waals surface area contributed by atoms with Crippen LogP contribution in [0.1, 0.15) is 16.8 Å². The highest BCUT2D eigenvalue weighted by Crippen LogP contribution is 2.30. The highest BCUT2D eigenvalue weighted by Gasteiger charge is 2.19. The quantitative estimate of drug-likeness (QED) is 0.414. The van der Waals surface area contributed by atoms with E-state index >= 15 is 0 Å². The van der Waals surface area contributed by atoms with Crippen LogP contribution in [0.15, 0.2) is 42.9 Å². The van der Waals surface area contributed by atoms with Crippen molar-refractivity contribution in [3.8, 4) is 11.3 Å². The van der Waals surface area contributed by atoms with Gasteiger partial charge in [-0.25, -0.2) is 19.9 Å². The molecule has 170 valence electrons. The van der Waals surface area contributed by atoms with E-state index in [1.54, 1.807) is 6.33 Å². The van der Waals surface area contributed by atoms with Crippen LogP contribution in [0.5, 0.6) is 0 Å². The molecule has 9 nitrogen and oxygen atoms in total. The van der Waals surface area contributed by atoms with Crippen LogP contribution >= 0.6 is 12.4 Å². The Balaban J connectivity index is 0.00000228. The standard InChI is InChI=1S/C23H24N8O.ClH/c1-2-18-19(10-16(1)22-17-12-32-13-20(17)26-14-27-22)29-23(28-18)30-21-9-15(3-4-25-21)11-31-7-5-24-6-8-31;/h1-4,9-10,14,24H,5-8,11-13H2,(H2,25,28,29,30);1H. The zero-order valence-corrected chi connectivity index (χ0v) is 18.9. The number of pyridine rings is 1. The largest absolute Gasteiger partial charge is 0.370 e. The van der Waals surface area contributed by atoms with E-state index in [9.17, 15) is 0 Å². The molecule has 0 unspecified atom stereocenters. The van der Waals surface area contributed by atoms with E-state index in [1.807, 2.05) is 18.3 Å². The number of imidazole rings is 1. The summed E-state index contributed by atoms with van der Waals surface area (Å²) in [5.41, 5.74) is 7.03. The van der Waals surface area contributed by atoms with E-state index in [2.05, 4.69) is 58.7 Å². The number of rotatable bonds is 5. The van der Waals surface area contributed by atoms with Crippen molar-refractivity contribution >= 4 is 35.2 Å². The second-order valence-corrected chi connectivity index (χ2v) is 8.16. The second-order valence-electron chi connectivity index (χ2n) is 8.16. The van der Waals surface area contributed by atoms with Crippen molar-refractivity contribution in [3.05, 3.63) is 59.7 Å². The van der Waals surface area contributed by atoms with Crippen LogP contribution in [0.2, 0.25) is 0 Å². The Labute approximate surface area is 197 Å². The first-order chi connectivity index (χ1) is 15.8. The van der Waals surface area contributed by atoms with Gasteiger partial charge >= 0.3 is 0 Å². The van der Waals surface area contributed by atoms with Gasteiger partial charge in [-0.05, 0) is 29.8 Å². The molecule has 3 N–H and O–H groups in total. The first-order valence-electron chi connectivity index (χ1n) is 10.9. The summed E-state index contributed by atoms with van der Waals surface area (Å²) >= 11 is 0. The highest BCUT2D eigenvalue weighted by atomic mass is 35.5. The van der Waals surface area contributed by atoms with Gasteiger partial charge in [-0.2, -0.15) is 0 Å². The maximum atomic E-state index is 5.55. The lowest BCUT2D eigenvalue weighted by Gasteiger charge is -2.27. The zero-order chi connectivity index (χ0) is 21.3. The number of aromatic nitrogens is 5. The van der Waals surface area contributed by atoms with Crippen LogP contribution in [-0.4, -0.2) is 56.0 Å². The number of nitrogens with zero attached hydrogens (tertiary/aromatic N) is 5. The van der Waals surface area contributed by atoms with Crippen molar-refractivity contribution in [2.24, 2.45) is 0 Å². The molecule has 4 aromatic rings. The van der Waals surface area contributed by atoms with Gasteiger partial charge in [0.2, 0.25) is 5.95 Å². The molecule has 0 aliphatic carbocycles. The minimum absolute atomic E-state index is 0. The van der Waals surface area contributed by atoms with Crippen LogP contribution in [0, 0.1) is 0 Å². The van der Waals surface area contributed by atoms with Crippen LogP contribution in [0.4, 0.5) is 11.8 Å². The Bertz CT molecular complexity index is 1270. The molecule has 5 heterocycles. The first kappa shape index (κ1) is 21.7. The number of anilines is 2. The summed E-state index contributed by atoms with van der Waals surface area (Å²) in [6.45, 7) is 6.25. The summed E-state index contributed by atoms with van der Waals surface area (Å²) in [7, 11) is 0. The van der Waals surface area contributed by atoms with Gasteiger partial charge in [0.1, 0.15) is 12.1 Å². The van der Waals surface area contributed by atoms with Gasteiger partial charge < -0.3 is 20.4 Å². The topological polar surface area (TPSA) is 104 Å². The Morgan fingerprint density at radius 2 is 1.94 bits per heavy atom. The van der Waals surface area contributed by atoms with Gasteiger partial charge in [-0.1, -0.05) is 6.07 Å². The summed E-state index contributed by atoms with van der Waals surface area (Å²) in [6.07, 6.45) is 3.45. The third kappa shape index (κ3) is 4.53. The van der Waals surface area contributed by atoms with E-state index in [0.29, 0.717) is 19.2 Å². The molecule has 2 aliphatic heterocycles. The molecule has 10 heteroatoms. The number of piperazine rings is 1. The number of nitrogens with one attached hydrogen (secondary N) is 3. The molecular weight excluding hydrogens is 440 g/mol. The molecule has 0 atom stereocenters. The molecule has 1 saturated heterocycles. The fourth-order valence-electron chi connectivity index (χ4n) is 4.33. The molecule has 0 radical (unpaired) electrons. The third-order valence-corrected chi connectivity index (χ3v) is 5.96. The molecule has 1 aromatic carbocycles. The molecular formula is C23H25ClN8O. The molecule has 0 bridgehead atoms. The molecule has 0 spiro atoms. The Hall–Kier alpha value is -3.11. The van der Waals surface area contributed by atoms with Crippen molar-refractivity contribution in [3.63, 3.8) is 0 Å². The van der Waals surface area contributed by atoms with E-state index in [-0.39, 0.29) is 12.4 Å². The van der Waals surface area contributed by atoms with Gasteiger partial charge in [-0.3, -0.25) is 4.90 Å². The van der Waals surface area contributed by atoms with Crippen molar-refractivity contribution in [1.82, 2.24) is 35.1 Å². The van der Waals surface area contributed by atoms with E-state index in [4.69, 9.17) is 4.74 Å². The number of hydrogen-bond donors (Lipinski definition) is 3. The number of aromatic amines is 1. The Kier molecular flexibility index (Phi) is 6.19. The summed E-state index contributed by atoms with van der Waals surface area (Å²) in [6, 6.07) is 10.3. The fraction of sp³-hybridized carbons (Fsp3) is 0.304. The number of H-pyrrole nitrogens is 1. The average molecular weight is 465 g/mol. The smallest absolute Gasteiger partial charge is 0.206 e. The molecule has 3 aromatic heterocycles. The number of fused-ring (bicyclic) bond motifs is 2. The number of halogens is 1. The van der Waals surface area contributed by atoms with Crippen LogP contribution < -0.4 is 10.6 Å². The number of ether oxygens (including phenoxy) is 1.